The number of hydrogen-bond donors (Lipinski definition) is 2. The van der Waals surface area contributed by atoms with Gasteiger partial charge in [0.2, 0.25) is 10.0 Å². The Balaban J connectivity index is 2.54. The van der Waals surface area contributed by atoms with Gasteiger partial charge in [0.25, 0.3) is 0 Å². The largest absolute Gasteiger partial charge is 0.326 e. The van der Waals surface area contributed by atoms with Crippen molar-refractivity contribution < 1.29 is 8.42 Å². The van der Waals surface area contributed by atoms with Crippen LogP contribution in [0.15, 0.2) is 24.3 Å². The molecular weight excluding hydrogens is 236 g/mol. The van der Waals surface area contributed by atoms with Gasteiger partial charge in [-0.2, -0.15) is 0 Å². The molecule has 4 nitrogen and oxygen atoms in total. The van der Waals surface area contributed by atoms with Crippen molar-refractivity contribution in [2.75, 3.05) is 5.75 Å². The van der Waals surface area contributed by atoms with Gasteiger partial charge in [0, 0.05) is 13.1 Å². The molecule has 0 spiro atoms. The van der Waals surface area contributed by atoms with Crippen molar-refractivity contribution in [2.24, 2.45) is 5.73 Å². The van der Waals surface area contributed by atoms with Gasteiger partial charge in [-0.25, -0.2) is 13.1 Å². The van der Waals surface area contributed by atoms with Gasteiger partial charge in [-0.1, -0.05) is 37.6 Å². The van der Waals surface area contributed by atoms with Crippen molar-refractivity contribution in [1.29, 1.82) is 0 Å². The van der Waals surface area contributed by atoms with E-state index in [0.29, 0.717) is 19.5 Å². The summed E-state index contributed by atoms with van der Waals surface area (Å²) >= 11 is 0. The molecule has 0 aliphatic rings. The first-order chi connectivity index (χ1) is 8.07. The van der Waals surface area contributed by atoms with E-state index in [4.69, 9.17) is 5.73 Å². The van der Waals surface area contributed by atoms with Crippen LogP contribution in [0.25, 0.3) is 0 Å². The molecule has 0 aliphatic carbocycles. The standard InChI is InChI=1S/C12H20N2O2S/c1-2-3-7-17(15,16)14-10-12-6-4-5-11(8-12)9-13/h4-6,8,14H,2-3,7,9-10,13H2,1H3. The minimum absolute atomic E-state index is 0.195. The molecule has 0 aromatic heterocycles. The average Bonchev–Trinajstić information content (AvgIpc) is 2.34. The maximum Gasteiger partial charge on any atom is 0.211 e. The minimum atomic E-state index is -3.14. The smallest absolute Gasteiger partial charge is 0.211 e. The van der Waals surface area contributed by atoms with Crippen LogP contribution >= 0.6 is 0 Å². The van der Waals surface area contributed by atoms with E-state index in [1.807, 2.05) is 31.2 Å². The van der Waals surface area contributed by atoms with E-state index < -0.39 is 10.0 Å². The van der Waals surface area contributed by atoms with E-state index in [1.165, 1.54) is 0 Å². The van der Waals surface area contributed by atoms with Gasteiger partial charge in [0.15, 0.2) is 0 Å². The zero-order chi connectivity index (χ0) is 12.7. The molecule has 0 amide bonds. The van der Waals surface area contributed by atoms with Crippen LogP contribution in [0, 0.1) is 0 Å². The Hall–Kier alpha value is -0.910. The van der Waals surface area contributed by atoms with Crippen molar-refractivity contribution in [1.82, 2.24) is 4.72 Å². The number of benzene rings is 1. The fraction of sp³-hybridized carbons (Fsp3) is 0.500. The quantitative estimate of drug-likeness (QED) is 0.774. The number of unbranched alkanes of at least 4 members (excludes halogenated alkanes) is 1. The van der Waals surface area contributed by atoms with Crippen molar-refractivity contribution in [3.63, 3.8) is 0 Å². The summed E-state index contributed by atoms with van der Waals surface area (Å²) in [5, 5.41) is 0. The molecule has 0 bridgehead atoms. The third-order valence-corrected chi connectivity index (χ3v) is 3.90. The molecule has 0 fully saturated rings. The summed E-state index contributed by atoms with van der Waals surface area (Å²) in [6, 6.07) is 7.62. The van der Waals surface area contributed by atoms with E-state index >= 15 is 0 Å². The lowest BCUT2D eigenvalue weighted by Gasteiger charge is -2.07. The zero-order valence-electron chi connectivity index (χ0n) is 10.1. The number of nitrogens with two attached hydrogens (primary N) is 1. The van der Waals surface area contributed by atoms with Crippen LogP contribution in [0.5, 0.6) is 0 Å². The number of rotatable bonds is 7. The van der Waals surface area contributed by atoms with Crippen molar-refractivity contribution >= 4 is 10.0 Å². The van der Waals surface area contributed by atoms with Crippen LogP contribution in [0.4, 0.5) is 0 Å². The second-order valence-corrected chi connectivity index (χ2v) is 5.94. The highest BCUT2D eigenvalue weighted by Crippen LogP contribution is 2.05. The third-order valence-electron chi connectivity index (χ3n) is 2.49. The Morgan fingerprint density at radius 1 is 1.29 bits per heavy atom. The van der Waals surface area contributed by atoms with E-state index in [-0.39, 0.29) is 5.75 Å². The van der Waals surface area contributed by atoms with E-state index in [2.05, 4.69) is 4.72 Å². The van der Waals surface area contributed by atoms with Crippen LogP contribution in [-0.2, 0) is 23.1 Å². The Labute approximate surface area is 103 Å². The Kier molecular flexibility index (Phi) is 5.61. The fourth-order valence-electron chi connectivity index (χ4n) is 1.47. The number of hydrogen-bond acceptors (Lipinski definition) is 3. The SMILES string of the molecule is CCCCS(=O)(=O)NCc1cccc(CN)c1. The van der Waals surface area contributed by atoms with Gasteiger partial charge in [0.05, 0.1) is 5.75 Å². The van der Waals surface area contributed by atoms with Gasteiger partial charge in [-0.3, -0.25) is 0 Å². The van der Waals surface area contributed by atoms with Gasteiger partial charge in [0.1, 0.15) is 0 Å². The molecular formula is C12H20N2O2S. The molecule has 0 unspecified atom stereocenters. The zero-order valence-corrected chi connectivity index (χ0v) is 11.0. The van der Waals surface area contributed by atoms with Gasteiger partial charge in [-0.15, -0.1) is 0 Å². The van der Waals surface area contributed by atoms with Crippen LogP contribution < -0.4 is 10.5 Å². The second-order valence-electron chi connectivity index (χ2n) is 4.02. The van der Waals surface area contributed by atoms with Crippen LogP contribution in [0.1, 0.15) is 30.9 Å². The van der Waals surface area contributed by atoms with Crippen molar-refractivity contribution in [2.45, 2.75) is 32.9 Å². The van der Waals surface area contributed by atoms with Crippen molar-refractivity contribution in [3.05, 3.63) is 35.4 Å². The van der Waals surface area contributed by atoms with Crippen molar-refractivity contribution in [3.8, 4) is 0 Å². The lowest BCUT2D eigenvalue weighted by Crippen LogP contribution is -2.25. The summed E-state index contributed by atoms with van der Waals surface area (Å²) < 4.78 is 25.8. The fourth-order valence-corrected chi connectivity index (χ4v) is 2.67. The van der Waals surface area contributed by atoms with Crippen LogP contribution in [-0.4, -0.2) is 14.2 Å². The summed E-state index contributed by atoms with van der Waals surface area (Å²) in [6.45, 7) is 2.77. The van der Waals surface area contributed by atoms with Gasteiger partial charge in [-0.05, 0) is 17.5 Å². The van der Waals surface area contributed by atoms with Gasteiger partial charge >= 0.3 is 0 Å². The molecule has 0 heterocycles. The Morgan fingerprint density at radius 2 is 2.00 bits per heavy atom. The Morgan fingerprint density at radius 3 is 2.65 bits per heavy atom. The minimum Gasteiger partial charge on any atom is -0.326 e. The highest BCUT2D eigenvalue weighted by molar-refractivity contribution is 7.89. The molecule has 0 radical (unpaired) electrons. The monoisotopic (exact) mass is 256 g/mol. The molecule has 1 aromatic rings. The summed E-state index contributed by atoms with van der Waals surface area (Å²) in [7, 11) is -3.14. The Bertz CT molecular complexity index is 444. The first-order valence-corrected chi connectivity index (χ1v) is 7.48. The predicted molar refractivity (Wildman–Crippen MR) is 69.9 cm³/mol. The van der Waals surface area contributed by atoms with E-state index in [1.54, 1.807) is 0 Å². The lowest BCUT2D eigenvalue weighted by atomic mass is 10.1. The molecule has 1 rings (SSSR count). The first-order valence-electron chi connectivity index (χ1n) is 5.82. The average molecular weight is 256 g/mol. The molecule has 3 N–H and O–H groups in total. The summed E-state index contributed by atoms with van der Waals surface area (Å²) in [6.07, 6.45) is 1.57. The lowest BCUT2D eigenvalue weighted by molar-refractivity contribution is 0.578. The molecule has 0 atom stereocenters. The second kappa shape index (κ2) is 6.74. The highest BCUT2D eigenvalue weighted by atomic mass is 32.2. The van der Waals surface area contributed by atoms with Crippen LogP contribution in [0.3, 0.4) is 0 Å². The maximum absolute atomic E-state index is 11.6. The third kappa shape index (κ3) is 5.30. The molecule has 0 saturated heterocycles. The topological polar surface area (TPSA) is 72.2 Å². The molecule has 5 heteroatoms. The predicted octanol–water partition coefficient (Wildman–Crippen LogP) is 1.36. The first kappa shape index (κ1) is 14.2. The highest BCUT2D eigenvalue weighted by Gasteiger charge is 2.08. The normalized spacial score (nSPS) is 11.6. The molecule has 0 aliphatic heterocycles. The van der Waals surface area contributed by atoms with Gasteiger partial charge < -0.3 is 5.73 Å². The molecule has 1 aromatic carbocycles. The van der Waals surface area contributed by atoms with Crippen LogP contribution in [0.2, 0.25) is 0 Å². The number of nitrogens with one attached hydrogen (secondary N) is 1. The molecule has 96 valence electrons. The molecule has 17 heavy (non-hydrogen) atoms. The summed E-state index contributed by atoms with van der Waals surface area (Å²) in [5.74, 6) is 0.195. The summed E-state index contributed by atoms with van der Waals surface area (Å²) in [5.41, 5.74) is 7.48. The number of sulfonamides is 1. The molecule has 0 saturated carbocycles. The maximum atomic E-state index is 11.6. The van der Waals surface area contributed by atoms with E-state index in [9.17, 15) is 8.42 Å². The summed E-state index contributed by atoms with van der Waals surface area (Å²) in [4.78, 5) is 0. The van der Waals surface area contributed by atoms with E-state index in [0.717, 1.165) is 17.5 Å².